The van der Waals surface area contributed by atoms with E-state index in [0.29, 0.717) is 28.5 Å². The number of nitrogens with one attached hydrogen (secondary N) is 3. The molecule has 2 aromatic heterocycles. The highest BCUT2D eigenvalue weighted by Crippen LogP contribution is 2.40. The Morgan fingerprint density at radius 3 is 2.75 bits per heavy atom. The smallest absolute Gasteiger partial charge is 0.259 e. The van der Waals surface area contributed by atoms with E-state index in [1.54, 1.807) is 0 Å². The average Bonchev–Trinajstić information content (AvgIpc) is 3.38. The maximum atomic E-state index is 12.6. The second-order valence-electron chi connectivity index (χ2n) is 9.49. The largest absolute Gasteiger partial charge is 0.423 e. The van der Waals surface area contributed by atoms with Crippen LogP contribution >= 0.6 is 11.3 Å². The summed E-state index contributed by atoms with van der Waals surface area (Å²) in [5, 5.41) is 18.7. The molecule has 1 saturated carbocycles. The second-order valence-corrected chi connectivity index (χ2v) is 10.5. The van der Waals surface area contributed by atoms with E-state index in [0.717, 1.165) is 66.2 Å². The van der Waals surface area contributed by atoms with E-state index in [-0.39, 0.29) is 5.91 Å². The Balaban J connectivity index is 1.33. The molecule has 2 aliphatic rings. The summed E-state index contributed by atoms with van der Waals surface area (Å²) in [6.45, 7) is 4.11. The first-order chi connectivity index (χ1) is 17.6. The first-order valence-electron chi connectivity index (χ1n) is 12.4. The lowest BCUT2D eigenvalue weighted by molar-refractivity contribution is 0.0951. The van der Waals surface area contributed by atoms with Gasteiger partial charge in [-0.05, 0) is 80.9 Å². The molecule has 184 valence electrons. The fraction of sp³-hybridized carbons (Fsp3) is 0.333. The minimum atomic E-state index is -0.0401. The molecule has 6 rings (SSSR count). The molecule has 0 atom stereocenters. The van der Waals surface area contributed by atoms with E-state index in [9.17, 15) is 4.79 Å². The molecule has 2 fully saturated rings. The van der Waals surface area contributed by atoms with E-state index < -0.39 is 0 Å². The Morgan fingerprint density at radius 2 is 1.97 bits per heavy atom. The number of hydrogen-bond acceptors (Lipinski definition) is 8. The zero-order valence-electron chi connectivity index (χ0n) is 20.1. The van der Waals surface area contributed by atoms with Crippen LogP contribution in [0.2, 0.25) is 0 Å². The fourth-order valence-corrected chi connectivity index (χ4v) is 5.52. The molecule has 4 aromatic rings. The molecule has 0 radical (unpaired) electrons. The van der Waals surface area contributed by atoms with Crippen molar-refractivity contribution in [3.63, 3.8) is 0 Å². The summed E-state index contributed by atoms with van der Waals surface area (Å²) in [4.78, 5) is 18.4. The van der Waals surface area contributed by atoms with Crippen LogP contribution < -0.4 is 16.0 Å². The number of aromatic nitrogens is 3. The van der Waals surface area contributed by atoms with Gasteiger partial charge < -0.3 is 20.4 Å². The predicted octanol–water partition coefficient (Wildman–Crippen LogP) is 5.27. The Hall–Kier alpha value is -3.56. The zero-order valence-corrected chi connectivity index (χ0v) is 20.9. The summed E-state index contributed by atoms with van der Waals surface area (Å²) in [7, 11) is 0. The standard InChI is InChI=1S/C27H28N6O2S/c1-16-5-6-20(25(34)30-21-7-8-21)14-22(16)31-27-32-23(24(36-27)26-33-29-15-35-26)19-4-2-3-18(13-19)17-9-11-28-12-10-17/h2-6,13-15,17,21,28H,7-12H2,1H3,(H,30,34)(H,31,32). The summed E-state index contributed by atoms with van der Waals surface area (Å²) < 4.78 is 5.57. The summed E-state index contributed by atoms with van der Waals surface area (Å²) in [5.74, 6) is 0.945. The second kappa shape index (κ2) is 9.83. The molecule has 36 heavy (non-hydrogen) atoms. The summed E-state index contributed by atoms with van der Waals surface area (Å²) in [6.07, 6.45) is 5.72. The van der Waals surface area contributed by atoms with Gasteiger partial charge in [-0.2, -0.15) is 0 Å². The van der Waals surface area contributed by atoms with Crippen LogP contribution in [0.15, 0.2) is 53.3 Å². The first-order valence-corrected chi connectivity index (χ1v) is 13.2. The summed E-state index contributed by atoms with van der Waals surface area (Å²) in [6, 6.07) is 14.6. The lowest BCUT2D eigenvalue weighted by Gasteiger charge is -2.23. The number of thiazole rings is 1. The number of aryl methyl sites for hydroxylation is 1. The van der Waals surface area contributed by atoms with Crippen molar-refractivity contribution in [1.29, 1.82) is 0 Å². The topological polar surface area (TPSA) is 105 Å². The molecule has 2 aromatic carbocycles. The molecule has 0 spiro atoms. The molecule has 1 aliphatic heterocycles. The average molecular weight is 501 g/mol. The number of anilines is 2. The molecule has 0 unspecified atom stereocenters. The molecule has 9 heteroatoms. The van der Waals surface area contributed by atoms with E-state index in [1.165, 1.54) is 23.3 Å². The number of piperidine rings is 1. The molecule has 3 heterocycles. The van der Waals surface area contributed by atoms with E-state index >= 15 is 0 Å². The quantitative estimate of drug-likeness (QED) is 0.317. The Morgan fingerprint density at radius 1 is 1.11 bits per heavy atom. The molecule has 1 amide bonds. The number of hydrogen-bond donors (Lipinski definition) is 3. The highest BCUT2D eigenvalue weighted by atomic mass is 32.1. The van der Waals surface area contributed by atoms with Crippen molar-refractivity contribution in [2.45, 2.75) is 44.6 Å². The number of carbonyl (C=O) groups excluding carboxylic acids is 1. The van der Waals surface area contributed by atoms with Crippen molar-refractivity contribution in [3.8, 4) is 22.0 Å². The van der Waals surface area contributed by atoms with Gasteiger partial charge in [0.1, 0.15) is 4.88 Å². The lowest BCUT2D eigenvalue weighted by Crippen LogP contribution is -2.26. The Bertz CT molecular complexity index is 1370. The minimum absolute atomic E-state index is 0.0401. The highest BCUT2D eigenvalue weighted by molar-refractivity contribution is 7.19. The van der Waals surface area contributed by atoms with Crippen molar-refractivity contribution in [2.75, 3.05) is 18.4 Å². The van der Waals surface area contributed by atoms with Gasteiger partial charge in [-0.3, -0.25) is 4.79 Å². The number of carbonyl (C=O) groups is 1. The number of benzene rings is 2. The third kappa shape index (κ3) is 4.89. The van der Waals surface area contributed by atoms with Crippen LogP contribution in [-0.4, -0.2) is 40.2 Å². The fourth-order valence-electron chi connectivity index (χ4n) is 4.59. The zero-order chi connectivity index (χ0) is 24.5. The minimum Gasteiger partial charge on any atom is -0.423 e. The first kappa shape index (κ1) is 22.9. The third-order valence-corrected chi connectivity index (χ3v) is 7.76. The molecule has 1 saturated heterocycles. The van der Waals surface area contributed by atoms with Gasteiger partial charge in [0.25, 0.3) is 11.8 Å². The summed E-state index contributed by atoms with van der Waals surface area (Å²) >= 11 is 1.46. The van der Waals surface area contributed by atoms with Gasteiger partial charge >= 0.3 is 0 Å². The number of nitrogens with zero attached hydrogens (tertiary/aromatic N) is 3. The van der Waals surface area contributed by atoms with Crippen molar-refractivity contribution >= 4 is 28.1 Å². The molecular weight excluding hydrogens is 472 g/mol. The van der Waals surface area contributed by atoms with E-state index in [1.807, 2.05) is 25.1 Å². The van der Waals surface area contributed by atoms with E-state index in [4.69, 9.17) is 9.40 Å². The third-order valence-electron chi connectivity index (χ3n) is 6.81. The molecule has 0 bridgehead atoms. The van der Waals surface area contributed by atoms with Crippen LogP contribution in [0.4, 0.5) is 10.8 Å². The molecule has 8 nitrogen and oxygen atoms in total. The monoisotopic (exact) mass is 500 g/mol. The van der Waals surface area contributed by atoms with Gasteiger partial charge in [-0.15, -0.1) is 10.2 Å². The van der Waals surface area contributed by atoms with E-state index in [2.05, 4.69) is 50.4 Å². The SMILES string of the molecule is Cc1ccc(C(=O)NC2CC2)cc1Nc1nc(-c2cccc(C3CCNCC3)c2)c(-c2nnco2)s1. The van der Waals surface area contributed by atoms with Crippen molar-refractivity contribution < 1.29 is 9.21 Å². The van der Waals surface area contributed by atoms with Crippen LogP contribution in [0.1, 0.15) is 53.1 Å². The Kier molecular flexibility index (Phi) is 6.25. The van der Waals surface area contributed by atoms with Crippen LogP contribution in [0, 0.1) is 6.92 Å². The molecule has 3 N–H and O–H groups in total. The molecule has 1 aliphatic carbocycles. The van der Waals surface area contributed by atoms with Crippen LogP contribution in [0.3, 0.4) is 0 Å². The van der Waals surface area contributed by atoms with Crippen LogP contribution in [0.5, 0.6) is 0 Å². The van der Waals surface area contributed by atoms with Crippen molar-refractivity contribution in [1.82, 2.24) is 25.8 Å². The lowest BCUT2D eigenvalue weighted by atomic mass is 9.89. The van der Waals surface area contributed by atoms with Crippen molar-refractivity contribution in [2.24, 2.45) is 0 Å². The van der Waals surface area contributed by atoms with Gasteiger partial charge in [-0.25, -0.2) is 4.98 Å². The normalized spacial score (nSPS) is 16.1. The van der Waals surface area contributed by atoms with Gasteiger partial charge in [0, 0.05) is 22.9 Å². The van der Waals surface area contributed by atoms with Gasteiger partial charge in [0.15, 0.2) is 5.13 Å². The van der Waals surface area contributed by atoms with Crippen LogP contribution in [0.25, 0.3) is 22.0 Å². The summed E-state index contributed by atoms with van der Waals surface area (Å²) in [5.41, 5.74) is 5.68. The predicted molar refractivity (Wildman–Crippen MR) is 141 cm³/mol. The highest BCUT2D eigenvalue weighted by Gasteiger charge is 2.25. The van der Waals surface area contributed by atoms with Crippen LogP contribution in [-0.2, 0) is 0 Å². The van der Waals surface area contributed by atoms with Gasteiger partial charge in [0.05, 0.1) is 5.69 Å². The number of amides is 1. The van der Waals surface area contributed by atoms with Gasteiger partial charge in [0.2, 0.25) is 6.39 Å². The molecular formula is C27H28N6O2S. The van der Waals surface area contributed by atoms with Gasteiger partial charge in [-0.1, -0.05) is 35.6 Å². The number of rotatable bonds is 7. The Labute approximate surface area is 213 Å². The maximum Gasteiger partial charge on any atom is 0.259 e. The van der Waals surface area contributed by atoms with Crippen molar-refractivity contribution in [3.05, 3.63) is 65.5 Å². The maximum absolute atomic E-state index is 12.6.